The van der Waals surface area contributed by atoms with Crippen molar-refractivity contribution in [2.75, 3.05) is 68.5 Å². The molecule has 1 atom stereocenters. The first-order chi connectivity index (χ1) is 29.7. The Kier molecular flexibility index (Phi) is 13.6. The van der Waals surface area contributed by atoms with Crippen LogP contribution < -0.4 is 36.3 Å². The minimum absolute atomic E-state index is 0.0749. The van der Waals surface area contributed by atoms with Gasteiger partial charge in [0.25, 0.3) is 0 Å². The third-order valence-corrected chi connectivity index (χ3v) is 11.2. The Balaban J connectivity index is 0.979. The van der Waals surface area contributed by atoms with Crippen LogP contribution in [0.5, 0.6) is 5.75 Å². The maximum atomic E-state index is 13.0. The summed E-state index contributed by atoms with van der Waals surface area (Å²) in [4.78, 5) is 30.5. The third-order valence-electron chi connectivity index (χ3n) is 11.2. The van der Waals surface area contributed by atoms with Gasteiger partial charge in [0, 0.05) is 109 Å². The average molecular weight is 819 g/mol. The molecule has 11 nitrogen and oxygen atoms in total. The predicted octanol–water partition coefficient (Wildman–Crippen LogP) is 7.67. The molecule has 0 aromatic heterocycles. The number of hydrogen-bond donors (Lipinski definition) is 4. The van der Waals surface area contributed by atoms with E-state index in [1.54, 1.807) is 19.2 Å². The lowest BCUT2D eigenvalue weighted by molar-refractivity contribution is -0.128. The molecule has 61 heavy (non-hydrogen) atoms. The molecule has 3 aliphatic rings. The highest BCUT2D eigenvalue weighted by Gasteiger charge is 2.25. The van der Waals surface area contributed by atoms with Crippen molar-refractivity contribution in [3.63, 3.8) is 0 Å². The predicted molar refractivity (Wildman–Crippen MR) is 243 cm³/mol. The molecule has 0 spiro atoms. The second-order valence-electron chi connectivity index (χ2n) is 15.0. The first kappa shape index (κ1) is 42.4. The number of anilines is 3. The monoisotopic (exact) mass is 818 g/mol. The molecule has 1 heterocycles. The van der Waals surface area contributed by atoms with Crippen molar-refractivity contribution in [2.24, 2.45) is 0 Å². The standard InChI is InChI=1S/C50H54N6O5/c1-5-55(6-2)42-30-41(50-39-22-20-36(51)28-46(39)61-47-29-37(52)21-23-40(47)50)44(59-4)31-43(42)56(7-3)26-12-17-48(57)53-24-25-54-49(58)32-60-45-27-35-15-9-8-13-33(35)18-19-34-14-10-11-16-38(34)45/h8-11,13-16,20-23,28-31,45,51H,5-7,12,17,24-27,32,52H2,1-4H3,(H,53,57)(H,54,58). The molecule has 4 aromatic rings. The molecule has 0 saturated carbocycles. The highest BCUT2D eigenvalue weighted by Crippen LogP contribution is 2.47. The van der Waals surface area contributed by atoms with Crippen LogP contribution >= 0.6 is 0 Å². The van der Waals surface area contributed by atoms with Gasteiger partial charge < -0.3 is 45.5 Å². The number of amides is 2. The fourth-order valence-corrected chi connectivity index (χ4v) is 8.09. The van der Waals surface area contributed by atoms with Crippen LogP contribution in [0.3, 0.4) is 0 Å². The molecular weight excluding hydrogens is 765 g/mol. The summed E-state index contributed by atoms with van der Waals surface area (Å²) in [5.74, 6) is 7.52. The van der Waals surface area contributed by atoms with E-state index in [0.717, 1.165) is 75.3 Å². The number of ether oxygens (including phenoxy) is 2. The zero-order valence-electron chi connectivity index (χ0n) is 35.4. The van der Waals surface area contributed by atoms with Crippen LogP contribution in [0, 0.1) is 17.3 Å². The van der Waals surface area contributed by atoms with E-state index in [-0.39, 0.29) is 24.5 Å². The molecular formula is C50H54N6O5. The van der Waals surface area contributed by atoms with Gasteiger partial charge in [-0.3, -0.25) is 9.59 Å². The number of nitrogen functional groups attached to an aromatic ring is 1. The number of carbonyl (C=O) groups is 2. The first-order valence-corrected chi connectivity index (χ1v) is 21.1. The summed E-state index contributed by atoms with van der Waals surface area (Å²) in [6.45, 7) is 9.86. The van der Waals surface area contributed by atoms with Crippen LogP contribution in [0.25, 0.3) is 33.4 Å². The van der Waals surface area contributed by atoms with Gasteiger partial charge in [0.15, 0.2) is 0 Å². The van der Waals surface area contributed by atoms with Gasteiger partial charge in [-0.2, -0.15) is 0 Å². The number of rotatable bonds is 17. The van der Waals surface area contributed by atoms with Gasteiger partial charge in [0.05, 0.1) is 29.9 Å². The normalized spacial score (nSPS) is 13.0. The van der Waals surface area contributed by atoms with E-state index in [0.29, 0.717) is 67.0 Å². The maximum absolute atomic E-state index is 13.0. The number of nitrogens with zero attached hydrogens (tertiary/aromatic N) is 2. The number of carbonyl (C=O) groups excluding carboxylic acids is 2. The summed E-state index contributed by atoms with van der Waals surface area (Å²) < 4.78 is 18.6. The van der Waals surface area contributed by atoms with E-state index in [4.69, 9.17) is 25.0 Å². The third kappa shape index (κ3) is 9.66. The number of nitrogens with one attached hydrogen (secondary N) is 3. The van der Waals surface area contributed by atoms with Crippen molar-refractivity contribution in [1.82, 2.24) is 10.6 Å². The van der Waals surface area contributed by atoms with Gasteiger partial charge in [-0.15, -0.1) is 0 Å². The summed E-state index contributed by atoms with van der Waals surface area (Å²) >= 11 is 0. The second kappa shape index (κ2) is 19.5. The SMILES string of the molecule is CCN(CC)c1cc(-c2c3ccc(=N)cc-3oc3cc(N)ccc23)c(OC)cc1N(CC)CCCC(=O)NCCNC(=O)COC1Cc2ccccc2C#Cc2ccccc21. The Labute approximate surface area is 357 Å². The number of nitrogens with two attached hydrogens (primary N) is 1. The molecule has 2 aliphatic carbocycles. The summed E-state index contributed by atoms with van der Waals surface area (Å²) in [5, 5.41) is 15.4. The fourth-order valence-electron chi connectivity index (χ4n) is 8.09. The van der Waals surface area contributed by atoms with Crippen LogP contribution in [0.4, 0.5) is 17.1 Å². The summed E-state index contributed by atoms with van der Waals surface area (Å²) in [6, 6.07) is 31.3. The quantitative estimate of drug-likeness (QED) is 0.0318. The lowest BCUT2D eigenvalue weighted by Gasteiger charge is -2.32. The van der Waals surface area contributed by atoms with Crippen LogP contribution in [0.1, 0.15) is 62.0 Å². The van der Waals surface area contributed by atoms with Crippen molar-refractivity contribution in [3.05, 3.63) is 125 Å². The lowest BCUT2D eigenvalue weighted by Crippen LogP contribution is -2.37. The van der Waals surface area contributed by atoms with E-state index in [1.807, 2.05) is 66.7 Å². The van der Waals surface area contributed by atoms with E-state index in [9.17, 15) is 9.59 Å². The number of methoxy groups -OCH3 is 1. The second-order valence-corrected chi connectivity index (χ2v) is 15.0. The average Bonchev–Trinajstić information content (AvgIpc) is 3.26. The topological polar surface area (TPSA) is 146 Å². The minimum atomic E-state index is -0.318. The molecule has 0 radical (unpaired) electrons. The smallest absolute Gasteiger partial charge is 0.246 e. The highest BCUT2D eigenvalue weighted by atomic mass is 16.5. The molecule has 5 N–H and O–H groups in total. The zero-order chi connectivity index (χ0) is 42.9. The van der Waals surface area contributed by atoms with Gasteiger partial charge in [-0.25, -0.2) is 0 Å². The van der Waals surface area contributed by atoms with Crippen molar-refractivity contribution < 1.29 is 23.5 Å². The molecule has 1 aliphatic heterocycles. The Bertz CT molecular complexity index is 2620. The van der Waals surface area contributed by atoms with Crippen LogP contribution in [-0.4, -0.2) is 64.8 Å². The maximum Gasteiger partial charge on any atom is 0.246 e. The Morgan fingerprint density at radius 2 is 1.52 bits per heavy atom. The van der Waals surface area contributed by atoms with E-state index >= 15 is 0 Å². The molecule has 0 bridgehead atoms. The van der Waals surface area contributed by atoms with Crippen molar-refractivity contribution in [1.29, 1.82) is 5.41 Å². The fraction of sp³-hybridized carbons (Fsp3) is 0.300. The van der Waals surface area contributed by atoms with Gasteiger partial charge in [0.2, 0.25) is 11.8 Å². The van der Waals surface area contributed by atoms with Crippen molar-refractivity contribution in [2.45, 2.75) is 46.1 Å². The summed E-state index contributed by atoms with van der Waals surface area (Å²) in [7, 11) is 1.68. The molecule has 0 saturated heterocycles. The molecule has 7 rings (SSSR count). The van der Waals surface area contributed by atoms with Gasteiger partial charge in [-0.1, -0.05) is 48.2 Å². The minimum Gasteiger partial charge on any atom is -0.496 e. The van der Waals surface area contributed by atoms with E-state index in [2.05, 4.69) is 71.2 Å². The van der Waals surface area contributed by atoms with Crippen molar-refractivity contribution in [3.8, 4) is 40.0 Å². The highest BCUT2D eigenvalue weighted by molar-refractivity contribution is 6.05. The molecule has 1 unspecified atom stereocenters. The van der Waals surface area contributed by atoms with E-state index < -0.39 is 0 Å². The number of benzene rings is 5. The first-order valence-electron chi connectivity index (χ1n) is 21.1. The summed E-state index contributed by atoms with van der Waals surface area (Å²) in [5.41, 5.74) is 16.1. The van der Waals surface area contributed by atoms with Crippen LogP contribution in [0.15, 0.2) is 101 Å². The van der Waals surface area contributed by atoms with Gasteiger partial charge in [0.1, 0.15) is 23.7 Å². The molecule has 2 amide bonds. The summed E-state index contributed by atoms with van der Waals surface area (Å²) in [6.07, 6.45) is 1.26. The molecule has 4 aromatic carbocycles. The van der Waals surface area contributed by atoms with Crippen LogP contribution in [-0.2, 0) is 20.7 Å². The number of fused-ring (bicyclic) bond motifs is 4. The zero-order valence-corrected chi connectivity index (χ0v) is 35.4. The molecule has 0 fully saturated rings. The number of hydrogen-bond acceptors (Lipinski definition) is 9. The Hall–Kier alpha value is -6.77. The largest absolute Gasteiger partial charge is 0.496 e. The Morgan fingerprint density at radius 3 is 2.30 bits per heavy atom. The van der Waals surface area contributed by atoms with Gasteiger partial charge >= 0.3 is 0 Å². The lowest BCUT2D eigenvalue weighted by atomic mass is 9.92. The Morgan fingerprint density at radius 1 is 0.820 bits per heavy atom. The molecule has 314 valence electrons. The van der Waals surface area contributed by atoms with Crippen LogP contribution in [0.2, 0.25) is 0 Å². The van der Waals surface area contributed by atoms with Crippen molar-refractivity contribution >= 4 is 39.8 Å². The molecule has 11 heteroatoms. The van der Waals surface area contributed by atoms with E-state index in [1.165, 1.54) is 0 Å². The van der Waals surface area contributed by atoms with Gasteiger partial charge in [-0.05, 0) is 80.8 Å².